The van der Waals surface area contributed by atoms with Gasteiger partial charge in [-0.3, -0.25) is 9.59 Å². The molecule has 0 aliphatic rings. The van der Waals surface area contributed by atoms with Gasteiger partial charge in [0.1, 0.15) is 12.7 Å². The molecule has 0 saturated carbocycles. The monoisotopic (exact) mass is 216 g/mol. The van der Waals surface area contributed by atoms with Crippen molar-refractivity contribution in [2.24, 2.45) is 0 Å². The highest BCUT2D eigenvalue weighted by Crippen LogP contribution is 2.08. The summed E-state index contributed by atoms with van der Waals surface area (Å²) in [6.07, 6.45) is 0.826. The molecule has 0 radical (unpaired) electrons. The van der Waals surface area contributed by atoms with E-state index in [1.165, 1.54) is 7.11 Å². The summed E-state index contributed by atoms with van der Waals surface area (Å²) in [5.74, 6) is 5.18. The van der Waals surface area contributed by atoms with E-state index in [1.807, 2.05) is 13.0 Å². The second-order valence-electron chi connectivity index (χ2n) is 3.25. The van der Waals surface area contributed by atoms with Crippen LogP contribution in [0.15, 0.2) is 18.2 Å². The lowest BCUT2D eigenvalue weighted by atomic mass is 10.1. The van der Waals surface area contributed by atoms with Gasteiger partial charge in [0.05, 0.1) is 7.11 Å². The van der Waals surface area contributed by atoms with Crippen molar-refractivity contribution < 1.29 is 14.3 Å². The van der Waals surface area contributed by atoms with Crippen LogP contribution in [0.5, 0.6) is 0 Å². The van der Waals surface area contributed by atoms with Crippen LogP contribution in [0.1, 0.15) is 27.9 Å². The highest BCUT2D eigenvalue weighted by Gasteiger charge is 1.97. The van der Waals surface area contributed by atoms with Crippen LogP contribution in [-0.2, 0) is 9.53 Å². The van der Waals surface area contributed by atoms with E-state index >= 15 is 0 Å². The van der Waals surface area contributed by atoms with E-state index < -0.39 is 0 Å². The molecule has 1 rings (SSSR count). The second-order valence-corrected chi connectivity index (χ2v) is 3.25. The fraction of sp³-hybridized carbons (Fsp3) is 0.231. The van der Waals surface area contributed by atoms with Gasteiger partial charge in [-0.15, -0.1) is 0 Å². The van der Waals surface area contributed by atoms with Crippen LogP contribution < -0.4 is 0 Å². The number of ether oxygens (including phenoxy) is 1. The van der Waals surface area contributed by atoms with E-state index in [9.17, 15) is 9.59 Å². The Kier molecular flexibility index (Phi) is 4.28. The molecule has 3 nitrogen and oxygen atoms in total. The topological polar surface area (TPSA) is 43.4 Å². The molecule has 82 valence electrons. The molecule has 0 saturated heterocycles. The van der Waals surface area contributed by atoms with Crippen molar-refractivity contribution in [1.29, 1.82) is 0 Å². The quantitative estimate of drug-likeness (QED) is 0.429. The van der Waals surface area contributed by atoms with Crippen molar-refractivity contribution in [2.45, 2.75) is 13.3 Å². The zero-order valence-corrected chi connectivity index (χ0v) is 9.24. The van der Waals surface area contributed by atoms with Gasteiger partial charge in [0.2, 0.25) is 0 Å². The summed E-state index contributed by atoms with van der Waals surface area (Å²) in [5, 5.41) is 0. The number of carbonyl (C=O) groups is 2. The predicted octanol–water partition coefficient (Wildman–Crippen LogP) is 1.72. The van der Waals surface area contributed by atoms with Crippen LogP contribution in [-0.4, -0.2) is 19.4 Å². The maximum Gasteiger partial charge on any atom is 0.317 e. The largest absolute Gasteiger partial charge is 0.468 e. The third-order valence-electron chi connectivity index (χ3n) is 2.08. The summed E-state index contributed by atoms with van der Waals surface area (Å²) in [5.41, 5.74) is 2.31. The molecular formula is C13H12O3. The number of methoxy groups -OCH3 is 1. The fourth-order valence-electron chi connectivity index (χ4n) is 1.13. The Bertz CT molecular complexity index is 464. The summed E-state index contributed by atoms with van der Waals surface area (Å²) < 4.78 is 4.47. The average molecular weight is 216 g/mol. The lowest BCUT2D eigenvalue weighted by Gasteiger charge is -1.98. The molecule has 0 aliphatic heterocycles. The minimum atomic E-state index is -0.364. The molecule has 0 fully saturated rings. The molecule has 0 aromatic heterocycles. The van der Waals surface area contributed by atoms with Crippen LogP contribution in [0.2, 0.25) is 0 Å². The first kappa shape index (κ1) is 12.0. The van der Waals surface area contributed by atoms with Gasteiger partial charge in [-0.1, -0.05) is 24.0 Å². The van der Waals surface area contributed by atoms with Crippen LogP contribution in [0, 0.1) is 18.8 Å². The molecule has 0 spiro atoms. The van der Waals surface area contributed by atoms with Crippen molar-refractivity contribution in [3.63, 3.8) is 0 Å². The lowest BCUT2D eigenvalue weighted by molar-refractivity contribution is -0.139. The van der Waals surface area contributed by atoms with Crippen LogP contribution in [0.3, 0.4) is 0 Å². The molecule has 0 N–H and O–H groups in total. The average Bonchev–Trinajstić information content (AvgIpc) is 2.31. The zero-order valence-electron chi connectivity index (χ0n) is 9.24. The Hall–Kier alpha value is -2.08. The first-order chi connectivity index (χ1) is 7.67. The van der Waals surface area contributed by atoms with Crippen LogP contribution >= 0.6 is 0 Å². The Labute approximate surface area is 94.4 Å². The molecule has 1 aromatic carbocycles. The number of hydrogen-bond donors (Lipinski definition) is 0. The molecule has 0 heterocycles. The van der Waals surface area contributed by atoms with Gasteiger partial charge in [-0.05, 0) is 18.6 Å². The lowest BCUT2D eigenvalue weighted by Crippen LogP contribution is -1.97. The maximum atomic E-state index is 10.8. The Morgan fingerprint density at radius 2 is 2.25 bits per heavy atom. The van der Waals surface area contributed by atoms with Gasteiger partial charge >= 0.3 is 5.97 Å². The normalized spacial score (nSPS) is 8.88. The smallest absolute Gasteiger partial charge is 0.317 e. The number of hydrogen-bond acceptors (Lipinski definition) is 3. The molecule has 0 bridgehead atoms. The third kappa shape index (κ3) is 3.25. The molecule has 1 aromatic rings. The van der Waals surface area contributed by atoms with Gasteiger partial charge in [-0.25, -0.2) is 0 Å². The standard InChI is InChI=1S/C13H12O3/c1-10-6-7-11(9-14)8-12(10)4-3-5-13(15)16-2/h6-9H,5H2,1-2H3. The fourth-order valence-corrected chi connectivity index (χ4v) is 1.13. The Morgan fingerprint density at radius 1 is 1.50 bits per heavy atom. The molecule has 0 unspecified atom stereocenters. The highest BCUT2D eigenvalue weighted by atomic mass is 16.5. The van der Waals surface area contributed by atoms with E-state index in [0.29, 0.717) is 5.56 Å². The van der Waals surface area contributed by atoms with Crippen molar-refractivity contribution in [2.75, 3.05) is 7.11 Å². The first-order valence-corrected chi connectivity index (χ1v) is 4.79. The zero-order chi connectivity index (χ0) is 12.0. The second kappa shape index (κ2) is 5.72. The van der Waals surface area contributed by atoms with Gasteiger partial charge < -0.3 is 4.74 Å². The number of aldehydes is 1. The van der Waals surface area contributed by atoms with Gasteiger partial charge in [0.25, 0.3) is 0 Å². The number of aryl methyl sites for hydroxylation is 1. The molecule has 0 atom stereocenters. The molecule has 3 heteroatoms. The van der Waals surface area contributed by atoms with Gasteiger partial charge in [0.15, 0.2) is 0 Å². The van der Waals surface area contributed by atoms with E-state index in [4.69, 9.17) is 0 Å². The first-order valence-electron chi connectivity index (χ1n) is 4.79. The molecule has 0 aliphatic carbocycles. The minimum absolute atomic E-state index is 0.0568. The summed E-state index contributed by atoms with van der Waals surface area (Å²) in [4.78, 5) is 21.4. The predicted molar refractivity (Wildman–Crippen MR) is 60.1 cm³/mol. The maximum absolute atomic E-state index is 10.8. The summed E-state index contributed by atoms with van der Waals surface area (Å²) in [6.45, 7) is 1.90. The van der Waals surface area contributed by atoms with E-state index in [0.717, 1.165) is 17.4 Å². The highest BCUT2D eigenvalue weighted by molar-refractivity contribution is 5.76. The van der Waals surface area contributed by atoms with Gasteiger partial charge in [0, 0.05) is 11.1 Å². The summed E-state index contributed by atoms with van der Waals surface area (Å²) >= 11 is 0. The minimum Gasteiger partial charge on any atom is -0.468 e. The third-order valence-corrected chi connectivity index (χ3v) is 2.08. The van der Waals surface area contributed by atoms with E-state index in [-0.39, 0.29) is 12.4 Å². The molecular weight excluding hydrogens is 204 g/mol. The van der Waals surface area contributed by atoms with Gasteiger partial charge in [-0.2, -0.15) is 0 Å². The van der Waals surface area contributed by atoms with Crippen molar-refractivity contribution in [3.8, 4) is 11.8 Å². The SMILES string of the molecule is COC(=O)CC#Cc1cc(C=O)ccc1C. The van der Waals surface area contributed by atoms with Crippen molar-refractivity contribution in [1.82, 2.24) is 0 Å². The van der Waals surface area contributed by atoms with Crippen molar-refractivity contribution in [3.05, 3.63) is 34.9 Å². The number of carbonyl (C=O) groups excluding carboxylic acids is 2. The Morgan fingerprint density at radius 3 is 2.88 bits per heavy atom. The van der Waals surface area contributed by atoms with E-state index in [2.05, 4.69) is 16.6 Å². The summed E-state index contributed by atoms with van der Waals surface area (Å²) in [6, 6.07) is 5.26. The number of rotatable bonds is 2. The van der Waals surface area contributed by atoms with Crippen LogP contribution in [0.25, 0.3) is 0 Å². The van der Waals surface area contributed by atoms with E-state index in [1.54, 1.807) is 12.1 Å². The number of benzene rings is 1. The number of esters is 1. The van der Waals surface area contributed by atoms with Crippen LogP contribution in [0.4, 0.5) is 0 Å². The Balaban J connectivity index is 2.87. The molecule has 0 amide bonds. The van der Waals surface area contributed by atoms with Crippen molar-refractivity contribution >= 4 is 12.3 Å². The summed E-state index contributed by atoms with van der Waals surface area (Å²) in [7, 11) is 1.32. The molecule has 16 heavy (non-hydrogen) atoms.